The van der Waals surface area contributed by atoms with Crippen molar-refractivity contribution in [3.8, 4) is 0 Å². The van der Waals surface area contributed by atoms with Crippen LogP contribution in [0.25, 0.3) is 0 Å². The molecule has 0 unspecified atom stereocenters. The third-order valence-corrected chi connectivity index (χ3v) is 3.85. The summed E-state index contributed by atoms with van der Waals surface area (Å²) in [7, 11) is 0. The molecule has 0 aromatic carbocycles. The van der Waals surface area contributed by atoms with Crippen molar-refractivity contribution >= 4 is 21.7 Å². The summed E-state index contributed by atoms with van der Waals surface area (Å²) in [4.78, 5) is 8.87. The molecule has 0 amide bonds. The number of nitrogens with one attached hydrogen (secondary N) is 1. The lowest BCUT2D eigenvalue weighted by atomic mass is 9.83. The van der Waals surface area contributed by atoms with Gasteiger partial charge in [-0.25, -0.2) is 9.97 Å². The van der Waals surface area contributed by atoms with Gasteiger partial charge in [0.05, 0.1) is 0 Å². The Morgan fingerprint density at radius 3 is 2.65 bits per heavy atom. The molecular weight excluding hydrogens is 278 g/mol. The summed E-state index contributed by atoms with van der Waals surface area (Å²) in [5.74, 6) is 1.84. The Kier molecular flexibility index (Phi) is 4.02. The van der Waals surface area contributed by atoms with Crippen LogP contribution in [-0.4, -0.2) is 15.5 Å². The van der Waals surface area contributed by atoms with Crippen LogP contribution in [-0.2, 0) is 6.42 Å². The van der Waals surface area contributed by atoms with E-state index >= 15 is 0 Å². The highest BCUT2D eigenvalue weighted by Gasteiger charge is 2.26. The molecule has 1 aromatic heterocycles. The highest BCUT2D eigenvalue weighted by atomic mass is 79.9. The minimum atomic E-state index is 0.205. The smallest absolute Gasteiger partial charge is 0.131 e. The first-order valence-corrected chi connectivity index (χ1v) is 7.22. The fraction of sp³-hybridized carbons (Fsp3) is 0.692. The molecule has 1 aliphatic carbocycles. The molecule has 0 radical (unpaired) electrons. The fourth-order valence-electron chi connectivity index (χ4n) is 2.45. The average Bonchev–Trinajstić information content (AvgIpc) is 2.28. The summed E-state index contributed by atoms with van der Waals surface area (Å²) in [6.07, 6.45) is 7.33. The third-order valence-electron chi connectivity index (χ3n) is 3.44. The Bertz CT molecular complexity index is 386. The second kappa shape index (κ2) is 5.34. The van der Waals surface area contributed by atoms with Gasteiger partial charge in [-0.05, 0) is 35.7 Å². The predicted molar refractivity (Wildman–Crippen MR) is 74.2 cm³/mol. The zero-order valence-electron chi connectivity index (χ0n) is 10.6. The molecule has 1 heterocycles. The molecule has 1 saturated carbocycles. The molecule has 1 aliphatic rings. The van der Waals surface area contributed by atoms with E-state index in [1.165, 1.54) is 32.1 Å². The van der Waals surface area contributed by atoms with Crippen molar-refractivity contribution in [2.45, 2.75) is 57.9 Å². The maximum atomic E-state index is 4.54. The molecule has 1 fully saturated rings. The van der Waals surface area contributed by atoms with Crippen LogP contribution in [0.2, 0.25) is 0 Å². The Labute approximate surface area is 112 Å². The van der Waals surface area contributed by atoms with Crippen LogP contribution in [0.5, 0.6) is 0 Å². The summed E-state index contributed by atoms with van der Waals surface area (Å²) in [5, 5.41) is 3.59. The molecule has 1 aromatic rings. The largest absolute Gasteiger partial charge is 0.365 e. The van der Waals surface area contributed by atoms with Gasteiger partial charge in [0.15, 0.2) is 0 Å². The first kappa shape index (κ1) is 12.8. The van der Waals surface area contributed by atoms with Gasteiger partial charge in [-0.15, -0.1) is 0 Å². The van der Waals surface area contributed by atoms with Gasteiger partial charge in [0.25, 0.3) is 0 Å². The Balaban J connectivity index is 2.14. The Morgan fingerprint density at radius 1 is 1.29 bits per heavy atom. The molecular formula is C13H20BrN3. The number of rotatable bonds is 3. The summed E-state index contributed by atoms with van der Waals surface area (Å²) >= 11 is 3.45. The van der Waals surface area contributed by atoms with E-state index in [-0.39, 0.29) is 5.54 Å². The lowest BCUT2D eigenvalue weighted by Gasteiger charge is -2.35. The van der Waals surface area contributed by atoms with Crippen LogP contribution in [0.15, 0.2) is 10.7 Å². The number of nitrogens with zero attached hydrogens (tertiary/aromatic N) is 2. The van der Waals surface area contributed by atoms with Crippen LogP contribution in [0.4, 0.5) is 5.82 Å². The lowest BCUT2D eigenvalue weighted by molar-refractivity contribution is 0.348. The summed E-state index contributed by atoms with van der Waals surface area (Å²) < 4.78 is 0.867. The molecule has 1 N–H and O–H groups in total. The second-order valence-corrected chi connectivity index (χ2v) is 5.90. The van der Waals surface area contributed by atoms with Crippen LogP contribution >= 0.6 is 15.9 Å². The number of aryl methyl sites for hydroxylation is 1. The molecule has 0 saturated heterocycles. The van der Waals surface area contributed by atoms with Crippen LogP contribution in [0.3, 0.4) is 0 Å². The van der Waals surface area contributed by atoms with Crippen molar-refractivity contribution in [1.82, 2.24) is 9.97 Å². The van der Waals surface area contributed by atoms with Crippen molar-refractivity contribution in [3.05, 3.63) is 16.5 Å². The zero-order chi connectivity index (χ0) is 12.3. The van der Waals surface area contributed by atoms with Gasteiger partial charge in [0.1, 0.15) is 16.2 Å². The van der Waals surface area contributed by atoms with Crippen molar-refractivity contribution in [3.63, 3.8) is 0 Å². The van der Waals surface area contributed by atoms with E-state index in [9.17, 15) is 0 Å². The van der Waals surface area contributed by atoms with Gasteiger partial charge in [-0.1, -0.05) is 26.2 Å². The van der Waals surface area contributed by atoms with E-state index in [0.717, 1.165) is 22.7 Å². The second-order valence-electron chi connectivity index (χ2n) is 5.09. The van der Waals surface area contributed by atoms with Crippen LogP contribution in [0, 0.1) is 0 Å². The first-order valence-electron chi connectivity index (χ1n) is 6.43. The Hall–Kier alpha value is -0.640. The summed E-state index contributed by atoms with van der Waals surface area (Å²) in [5.41, 5.74) is 0.205. The van der Waals surface area contributed by atoms with Gasteiger partial charge >= 0.3 is 0 Å². The minimum Gasteiger partial charge on any atom is -0.365 e. The first-order chi connectivity index (χ1) is 8.11. The van der Waals surface area contributed by atoms with E-state index in [2.05, 4.69) is 45.1 Å². The van der Waals surface area contributed by atoms with Crippen molar-refractivity contribution < 1.29 is 0 Å². The molecule has 3 nitrogen and oxygen atoms in total. The predicted octanol–water partition coefficient (Wildman–Crippen LogP) is 3.94. The SMILES string of the molecule is CCc1nc(Br)cc(NC2(C)CCCCC2)n1. The number of anilines is 1. The minimum absolute atomic E-state index is 0.205. The van der Waals surface area contributed by atoms with E-state index in [1.54, 1.807) is 0 Å². The van der Waals surface area contributed by atoms with E-state index in [0.29, 0.717) is 0 Å². The highest BCUT2D eigenvalue weighted by molar-refractivity contribution is 9.10. The van der Waals surface area contributed by atoms with Crippen molar-refractivity contribution in [2.75, 3.05) is 5.32 Å². The van der Waals surface area contributed by atoms with Gasteiger partial charge in [-0.2, -0.15) is 0 Å². The van der Waals surface area contributed by atoms with Gasteiger partial charge in [-0.3, -0.25) is 0 Å². The van der Waals surface area contributed by atoms with E-state index in [1.807, 2.05) is 6.07 Å². The number of hydrogen-bond acceptors (Lipinski definition) is 3. The monoisotopic (exact) mass is 297 g/mol. The van der Waals surface area contributed by atoms with E-state index in [4.69, 9.17) is 0 Å². The van der Waals surface area contributed by atoms with Crippen LogP contribution < -0.4 is 5.32 Å². The molecule has 0 atom stereocenters. The van der Waals surface area contributed by atoms with Crippen molar-refractivity contribution in [1.29, 1.82) is 0 Å². The third kappa shape index (κ3) is 3.41. The maximum absolute atomic E-state index is 4.54. The zero-order valence-corrected chi connectivity index (χ0v) is 12.2. The van der Waals surface area contributed by atoms with Crippen molar-refractivity contribution in [2.24, 2.45) is 0 Å². The number of aromatic nitrogens is 2. The molecule has 0 bridgehead atoms. The summed E-state index contributed by atoms with van der Waals surface area (Å²) in [6, 6.07) is 1.97. The highest BCUT2D eigenvalue weighted by Crippen LogP contribution is 2.31. The van der Waals surface area contributed by atoms with Crippen LogP contribution in [0.1, 0.15) is 51.8 Å². The quantitative estimate of drug-likeness (QED) is 0.859. The normalized spacial score (nSPS) is 19.0. The molecule has 2 rings (SSSR count). The molecule has 0 aliphatic heterocycles. The van der Waals surface area contributed by atoms with E-state index < -0.39 is 0 Å². The standard InChI is InChI=1S/C13H20BrN3/c1-3-11-15-10(14)9-12(16-11)17-13(2)7-5-4-6-8-13/h9H,3-8H2,1-2H3,(H,15,16,17). The lowest BCUT2D eigenvalue weighted by Crippen LogP contribution is -2.37. The molecule has 4 heteroatoms. The average molecular weight is 298 g/mol. The number of hydrogen-bond donors (Lipinski definition) is 1. The van der Waals surface area contributed by atoms with Gasteiger partial charge in [0, 0.05) is 18.0 Å². The summed E-state index contributed by atoms with van der Waals surface area (Å²) in [6.45, 7) is 4.38. The topological polar surface area (TPSA) is 37.8 Å². The molecule has 17 heavy (non-hydrogen) atoms. The number of halogens is 1. The fourth-order valence-corrected chi connectivity index (χ4v) is 2.87. The Morgan fingerprint density at radius 2 is 2.00 bits per heavy atom. The maximum Gasteiger partial charge on any atom is 0.131 e. The molecule has 0 spiro atoms. The molecule has 94 valence electrons. The van der Waals surface area contributed by atoms with Gasteiger partial charge < -0.3 is 5.32 Å². The van der Waals surface area contributed by atoms with Gasteiger partial charge in [0.2, 0.25) is 0 Å².